The number of nitrogens with one attached hydrogen (secondary N) is 4. The summed E-state index contributed by atoms with van der Waals surface area (Å²) < 4.78 is 0. The second-order valence-electron chi connectivity index (χ2n) is 7.36. The zero-order valence-corrected chi connectivity index (χ0v) is 17.2. The van der Waals surface area contributed by atoms with Gasteiger partial charge < -0.3 is 36.9 Å². The first-order valence-electron chi connectivity index (χ1n) is 9.53. The minimum atomic E-state index is -1.34. The second kappa shape index (κ2) is 11.9. The van der Waals surface area contributed by atoms with Crippen molar-refractivity contribution in [2.45, 2.75) is 57.8 Å². The van der Waals surface area contributed by atoms with Gasteiger partial charge >= 0.3 is 5.97 Å². The zero-order valence-electron chi connectivity index (χ0n) is 17.2. The maximum Gasteiger partial charge on any atom is 0.326 e. The fourth-order valence-corrected chi connectivity index (χ4v) is 2.69. The van der Waals surface area contributed by atoms with E-state index in [2.05, 4.69) is 25.9 Å². The fraction of sp³-hybridized carbons (Fsp3) is 0.611. The van der Waals surface area contributed by atoms with Gasteiger partial charge in [0.2, 0.25) is 17.7 Å². The molecule has 1 heterocycles. The predicted molar refractivity (Wildman–Crippen MR) is 106 cm³/mol. The lowest BCUT2D eigenvalue weighted by atomic mass is 10.0. The van der Waals surface area contributed by atoms with Crippen molar-refractivity contribution in [1.29, 1.82) is 0 Å². The number of H-pyrrole nitrogens is 1. The van der Waals surface area contributed by atoms with E-state index in [1.807, 2.05) is 13.8 Å². The number of imidazole rings is 1. The molecule has 0 aliphatic rings. The highest BCUT2D eigenvalue weighted by Crippen LogP contribution is 2.07. The number of aromatic nitrogens is 2. The van der Waals surface area contributed by atoms with Crippen LogP contribution >= 0.6 is 0 Å². The molecule has 0 aromatic carbocycles. The van der Waals surface area contributed by atoms with E-state index in [-0.39, 0.29) is 25.3 Å². The number of nitrogens with two attached hydrogens (primary N) is 1. The Morgan fingerprint density at radius 1 is 1.10 bits per heavy atom. The third-order valence-electron chi connectivity index (χ3n) is 4.20. The topological polar surface area (TPSA) is 200 Å². The van der Waals surface area contributed by atoms with Crippen molar-refractivity contribution in [2.75, 3.05) is 6.54 Å². The van der Waals surface area contributed by atoms with Crippen LogP contribution in [0.1, 0.15) is 32.9 Å². The molecule has 0 bridgehead atoms. The highest BCUT2D eigenvalue weighted by atomic mass is 16.4. The molecular weight excluding hydrogens is 396 g/mol. The lowest BCUT2D eigenvalue weighted by Crippen LogP contribution is -2.59. The van der Waals surface area contributed by atoms with Gasteiger partial charge in [-0.2, -0.15) is 0 Å². The summed E-state index contributed by atoms with van der Waals surface area (Å²) in [6.07, 6.45) is 1.78. The normalized spacial score (nSPS) is 15.0. The number of aliphatic hydroxyl groups excluding tert-OH is 1. The van der Waals surface area contributed by atoms with Gasteiger partial charge in [0, 0.05) is 18.3 Å². The smallest absolute Gasteiger partial charge is 0.326 e. The molecule has 0 fully saturated rings. The molecule has 30 heavy (non-hydrogen) atoms. The number of hydrogen-bond acceptors (Lipinski definition) is 7. The maximum atomic E-state index is 12.8. The molecular formula is C18H30N6O6. The molecule has 1 rings (SSSR count). The van der Waals surface area contributed by atoms with Crippen LogP contribution in [0, 0.1) is 5.92 Å². The van der Waals surface area contributed by atoms with Crippen LogP contribution in [0.25, 0.3) is 0 Å². The average Bonchev–Trinajstić information content (AvgIpc) is 3.16. The average molecular weight is 426 g/mol. The van der Waals surface area contributed by atoms with Crippen molar-refractivity contribution >= 4 is 23.7 Å². The summed E-state index contributed by atoms with van der Waals surface area (Å²) in [5, 5.41) is 26.4. The summed E-state index contributed by atoms with van der Waals surface area (Å²) in [5.74, 6) is -3.38. The Morgan fingerprint density at radius 3 is 2.20 bits per heavy atom. The third-order valence-corrected chi connectivity index (χ3v) is 4.20. The molecule has 12 heteroatoms. The van der Waals surface area contributed by atoms with E-state index in [9.17, 15) is 29.4 Å². The first-order valence-corrected chi connectivity index (χ1v) is 9.53. The standard InChI is InChI=1S/C18H30N6O6/c1-9(2)4-13(18(29)30)23-16(27)12(5-11-7-20-8-21-11)22-17(28)15(10(3)25)24-14(26)6-19/h7-10,12-13,15,25H,4-6,19H2,1-3H3,(H,20,21)(H,22,28)(H,23,27)(H,24,26)(H,29,30). The number of nitrogens with zero attached hydrogens (tertiary/aromatic N) is 1. The number of hydrogen-bond donors (Lipinski definition) is 7. The van der Waals surface area contributed by atoms with Crippen molar-refractivity contribution in [2.24, 2.45) is 11.7 Å². The number of aliphatic carboxylic acids is 1. The highest BCUT2D eigenvalue weighted by molar-refractivity contribution is 5.94. The molecule has 1 aromatic rings. The van der Waals surface area contributed by atoms with Gasteiger partial charge in [-0.15, -0.1) is 0 Å². The van der Waals surface area contributed by atoms with Crippen molar-refractivity contribution in [3.8, 4) is 0 Å². The van der Waals surface area contributed by atoms with E-state index in [0.29, 0.717) is 5.69 Å². The van der Waals surface area contributed by atoms with Gasteiger partial charge in [0.15, 0.2) is 0 Å². The second-order valence-corrected chi connectivity index (χ2v) is 7.36. The summed E-state index contributed by atoms with van der Waals surface area (Å²) in [6, 6.07) is -3.66. The third kappa shape index (κ3) is 8.17. The maximum absolute atomic E-state index is 12.8. The lowest BCUT2D eigenvalue weighted by Gasteiger charge is -2.25. The van der Waals surface area contributed by atoms with Crippen LogP contribution < -0.4 is 21.7 Å². The van der Waals surface area contributed by atoms with Crippen molar-refractivity contribution in [3.05, 3.63) is 18.2 Å². The van der Waals surface area contributed by atoms with E-state index in [4.69, 9.17) is 5.73 Å². The van der Waals surface area contributed by atoms with E-state index in [0.717, 1.165) is 0 Å². The summed E-state index contributed by atoms with van der Waals surface area (Å²) in [7, 11) is 0. The predicted octanol–water partition coefficient (Wildman–Crippen LogP) is -2.12. The largest absolute Gasteiger partial charge is 0.480 e. The van der Waals surface area contributed by atoms with Gasteiger partial charge in [0.25, 0.3) is 0 Å². The molecule has 3 amide bonds. The van der Waals surface area contributed by atoms with Crippen LogP contribution in [0.15, 0.2) is 12.5 Å². The van der Waals surface area contributed by atoms with Gasteiger partial charge in [-0.3, -0.25) is 14.4 Å². The summed E-state index contributed by atoms with van der Waals surface area (Å²) in [5.41, 5.74) is 5.75. The molecule has 4 atom stereocenters. The molecule has 4 unspecified atom stereocenters. The van der Waals surface area contributed by atoms with Crippen LogP contribution in [-0.2, 0) is 25.6 Å². The number of carboxylic acid groups (broad SMARTS) is 1. The Morgan fingerprint density at radius 2 is 1.73 bits per heavy atom. The first kappa shape index (κ1) is 25.0. The molecule has 0 aliphatic heterocycles. The Balaban J connectivity index is 3.01. The van der Waals surface area contributed by atoms with Crippen molar-refractivity contribution < 1.29 is 29.4 Å². The molecule has 168 valence electrons. The Labute approximate surface area is 174 Å². The number of carbonyl (C=O) groups excluding carboxylic acids is 3. The summed E-state index contributed by atoms with van der Waals surface area (Å²) >= 11 is 0. The Bertz CT molecular complexity index is 721. The van der Waals surface area contributed by atoms with Gasteiger partial charge in [-0.05, 0) is 19.3 Å². The van der Waals surface area contributed by atoms with Gasteiger partial charge in [-0.25, -0.2) is 9.78 Å². The van der Waals surface area contributed by atoms with Gasteiger partial charge in [0.1, 0.15) is 18.1 Å². The summed E-state index contributed by atoms with van der Waals surface area (Å²) in [4.78, 5) is 55.1. The van der Waals surface area contributed by atoms with Gasteiger partial charge in [0.05, 0.1) is 19.0 Å². The minimum absolute atomic E-state index is 0.0110. The number of aromatic amines is 1. The van der Waals surface area contributed by atoms with E-state index >= 15 is 0 Å². The van der Waals surface area contributed by atoms with Crippen molar-refractivity contribution in [1.82, 2.24) is 25.9 Å². The van der Waals surface area contributed by atoms with Crippen molar-refractivity contribution in [3.63, 3.8) is 0 Å². The SMILES string of the molecule is CC(C)CC(NC(=O)C(Cc1cnc[nH]1)NC(=O)C(NC(=O)CN)C(C)O)C(=O)O. The minimum Gasteiger partial charge on any atom is -0.480 e. The molecule has 0 aliphatic carbocycles. The molecule has 0 radical (unpaired) electrons. The van der Waals surface area contributed by atoms with Gasteiger partial charge in [-0.1, -0.05) is 13.8 Å². The molecule has 8 N–H and O–H groups in total. The lowest BCUT2D eigenvalue weighted by molar-refractivity contribution is -0.142. The molecule has 1 aromatic heterocycles. The molecule has 0 spiro atoms. The van der Waals surface area contributed by atoms with Crippen LogP contribution in [0.5, 0.6) is 0 Å². The van der Waals surface area contributed by atoms with Crippen LogP contribution in [-0.4, -0.2) is 74.6 Å². The Kier molecular flexibility index (Phi) is 9.92. The molecule has 0 saturated heterocycles. The van der Waals surface area contributed by atoms with E-state index in [1.54, 1.807) is 0 Å². The zero-order chi connectivity index (χ0) is 22.8. The van der Waals surface area contributed by atoms with Crippen LogP contribution in [0.2, 0.25) is 0 Å². The first-order chi connectivity index (χ1) is 14.0. The quantitative estimate of drug-likeness (QED) is 0.196. The number of rotatable bonds is 12. The van der Waals surface area contributed by atoms with E-state index in [1.165, 1.54) is 19.4 Å². The van der Waals surface area contributed by atoms with Crippen LogP contribution in [0.3, 0.4) is 0 Å². The summed E-state index contributed by atoms with van der Waals surface area (Å²) in [6.45, 7) is 4.55. The number of carbonyl (C=O) groups is 4. The monoisotopic (exact) mass is 426 g/mol. The van der Waals surface area contributed by atoms with Crippen LogP contribution in [0.4, 0.5) is 0 Å². The number of amides is 3. The fourth-order valence-electron chi connectivity index (χ4n) is 2.69. The number of carboxylic acids is 1. The number of aliphatic hydroxyl groups is 1. The molecule has 12 nitrogen and oxygen atoms in total. The van der Waals surface area contributed by atoms with E-state index < -0.39 is 47.9 Å². The highest BCUT2D eigenvalue weighted by Gasteiger charge is 2.31. The molecule has 0 saturated carbocycles. The Hall–Kier alpha value is -2.99.